The number of amides is 2. The molecule has 0 unspecified atom stereocenters. The molecule has 0 saturated heterocycles. The third kappa shape index (κ3) is 7.82. The second kappa shape index (κ2) is 11.8. The highest BCUT2D eigenvalue weighted by atomic mass is 35.5. The first-order valence-electron chi connectivity index (χ1n) is 11.2. The molecule has 2 aromatic rings. The van der Waals surface area contributed by atoms with Gasteiger partial charge < -0.3 is 10.2 Å². The van der Waals surface area contributed by atoms with Crippen molar-refractivity contribution in [2.45, 2.75) is 63.6 Å². The number of halogens is 1. The van der Waals surface area contributed by atoms with E-state index in [0.717, 1.165) is 5.56 Å². The Balaban J connectivity index is 2.11. The highest BCUT2D eigenvalue weighted by molar-refractivity contribution is 7.89. The van der Waals surface area contributed by atoms with Gasteiger partial charge in [-0.15, -0.1) is 0 Å². The van der Waals surface area contributed by atoms with Crippen molar-refractivity contribution >= 4 is 33.4 Å². The number of carbonyl (C=O) groups excluding carboxylic acids is 2. The quantitative estimate of drug-likeness (QED) is 0.525. The Morgan fingerprint density at radius 3 is 2.21 bits per heavy atom. The first kappa shape index (κ1) is 27.8. The molecule has 0 aliphatic rings. The van der Waals surface area contributed by atoms with Gasteiger partial charge in [0.15, 0.2) is 0 Å². The summed E-state index contributed by atoms with van der Waals surface area (Å²) in [5.41, 5.74) is 0.288. The van der Waals surface area contributed by atoms with Crippen molar-refractivity contribution in [3.8, 4) is 0 Å². The minimum absolute atomic E-state index is 0.0895. The lowest BCUT2D eigenvalue weighted by Crippen LogP contribution is -2.52. The summed E-state index contributed by atoms with van der Waals surface area (Å²) in [4.78, 5) is 27.7. The van der Waals surface area contributed by atoms with Gasteiger partial charge in [-0.3, -0.25) is 9.59 Å². The first-order chi connectivity index (χ1) is 15.8. The molecule has 0 spiro atoms. The zero-order valence-corrected chi connectivity index (χ0v) is 22.0. The molecule has 34 heavy (non-hydrogen) atoms. The van der Waals surface area contributed by atoms with Crippen LogP contribution in [-0.4, -0.2) is 54.6 Å². The fourth-order valence-corrected chi connectivity index (χ4v) is 4.78. The predicted molar refractivity (Wildman–Crippen MR) is 135 cm³/mol. The van der Waals surface area contributed by atoms with E-state index in [2.05, 4.69) is 5.32 Å². The van der Waals surface area contributed by atoms with Crippen LogP contribution in [-0.2, 0) is 26.2 Å². The second-order valence-corrected chi connectivity index (χ2v) is 11.7. The highest BCUT2D eigenvalue weighted by Gasteiger charge is 2.29. The third-order valence-corrected chi connectivity index (χ3v) is 7.52. The maximum Gasteiger partial charge on any atom is 0.242 e. The summed E-state index contributed by atoms with van der Waals surface area (Å²) >= 11 is 6.31. The van der Waals surface area contributed by atoms with Crippen LogP contribution in [0.5, 0.6) is 0 Å². The van der Waals surface area contributed by atoms with Crippen molar-refractivity contribution in [2.24, 2.45) is 0 Å². The molecule has 2 aromatic carbocycles. The van der Waals surface area contributed by atoms with E-state index in [0.29, 0.717) is 11.4 Å². The maximum absolute atomic E-state index is 13.2. The molecule has 2 amide bonds. The Labute approximate surface area is 208 Å². The largest absolute Gasteiger partial charge is 0.350 e. The predicted octanol–water partition coefficient (Wildman–Crippen LogP) is 4.07. The van der Waals surface area contributed by atoms with E-state index >= 15 is 0 Å². The molecule has 0 aliphatic carbocycles. The zero-order valence-electron chi connectivity index (χ0n) is 20.4. The van der Waals surface area contributed by atoms with Crippen LogP contribution in [0, 0.1) is 0 Å². The molecule has 0 aliphatic heterocycles. The average Bonchev–Trinajstić information content (AvgIpc) is 2.77. The molecule has 1 atom stereocenters. The van der Waals surface area contributed by atoms with Gasteiger partial charge in [0.05, 0.1) is 4.90 Å². The molecular formula is C25H34ClN3O4S. The molecule has 7 nitrogen and oxygen atoms in total. The molecule has 1 N–H and O–H groups in total. The standard InChI is InChI=1S/C25H34ClN3O4S/c1-19(24(31)27-25(2,3)4)29(18-20-12-9-10-15-22(20)26)23(30)16-11-17-28(5)34(32,33)21-13-7-6-8-14-21/h6-10,12-15,19H,11,16-18H2,1-5H3,(H,27,31)/t19-/m0/s1. The number of rotatable bonds is 10. The van der Waals surface area contributed by atoms with Gasteiger partial charge in [-0.2, -0.15) is 0 Å². The normalized spacial score (nSPS) is 12.9. The smallest absolute Gasteiger partial charge is 0.242 e. The van der Waals surface area contributed by atoms with Crippen molar-refractivity contribution in [3.05, 3.63) is 65.2 Å². The van der Waals surface area contributed by atoms with E-state index in [1.807, 2.05) is 32.9 Å². The van der Waals surface area contributed by atoms with Crippen LogP contribution in [0.3, 0.4) is 0 Å². The Morgan fingerprint density at radius 2 is 1.62 bits per heavy atom. The summed E-state index contributed by atoms with van der Waals surface area (Å²) in [6.45, 7) is 7.66. The lowest BCUT2D eigenvalue weighted by atomic mass is 10.1. The topological polar surface area (TPSA) is 86.8 Å². The molecule has 0 fully saturated rings. The monoisotopic (exact) mass is 507 g/mol. The van der Waals surface area contributed by atoms with Crippen LogP contribution in [0.4, 0.5) is 0 Å². The molecule has 0 aromatic heterocycles. The maximum atomic E-state index is 13.2. The molecule has 0 radical (unpaired) electrons. The Hall–Kier alpha value is -2.42. The first-order valence-corrected chi connectivity index (χ1v) is 13.0. The van der Waals surface area contributed by atoms with E-state index in [-0.39, 0.29) is 36.2 Å². The van der Waals surface area contributed by atoms with E-state index in [1.165, 1.54) is 28.4 Å². The van der Waals surface area contributed by atoms with Crippen molar-refractivity contribution in [3.63, 3.8) is 0 Å². The third-order valence-electron chi connectivity index (χ3n) is 5.28. The van der Waals surface area contributed by atoms with Crippen LogP contribution in [0.2, 0.25) is 5.02 Å². The molecule has 186 valence electrons. The van der Waals surface area contributed by atoms with Crippen molar-refractivity contribution in [1.29, 1.82) is 0 Å². The minimum Gasteiger partial charge on any atom is -0.350 e. The van der Waals surface area contributed by atoms with E-state index < -0.39 is 21.6 Å². The number of hydrogen-bond donors (Lipinski definition) is 1. The number of nitrogens with zero attached hydrogens (tertiary/aromatic N) is 2. The highest BCUT2D eigenvalue weighted by Crippen LogP contribution is 2.20. The molecule has 2 rings (SSSR count). The van der Waals surface area contributed by atoms with E-state index in [1.54, 1.807) is 37.3 Å². The van der Waals surface area contributed by atoms with Gasteiger partial charge in [-0.05, 0) is 57.9 Å². The van der Waals surface area contributed by atoms with Gasteiger partial charge in [0.1, 0.15) is 6.04 Å². The van der Waals surface area contributed by atoms with Gasteiger partial charge in [0, 0.05) is 37.1 Å². The lowest BCUT2D eigenvalue weighted by Gasteiger charge is -2.32. The number of sulfonamides is 1. The average molecular weight is 508 g/mol. The summed E-state index contributed by atoms with van der Waals surface area (Å²) in [6, 6.07) is 14.6. The van der Waals surface area contributed by atoms with Crippen molar-refractivity contribution in [1.82, 2.24) is 14.5 Å². The van der Waals surface area contributed by atoms with Crippen LogP contribution < -0.4 is 5.32 Å². The Kier molecular flexibility index (Phi) is 9.67. The zero-order chi connectivity index (χ0) is 25.5. The SMILES string of the molecule is C[C@@H](C(=O)NC(C)(C)C)N(Cc1ccccc1Cl)C(=O)CCCN(C)S(=O)(=O)c1ccccc1. The summed E-state index contributed by atoms with van der Waals surface area (Å²) in [5.74, 6) is -0.515. The van der Waals surface area contributed by atoms with Crippen LogP contribution in [0.1, 0.15) is 46.1 Å². The van der Waals surface area contributed by atoms with E-state index in [4.69, 9.17) is 11.6 Å². The van der Waals surface area contributed by atoms with E-state index in [9.17, 15) is 18.0 Å². The van der Waals surface area contributed by atoms with Gasteiger partial charge in [-0.25, -0.2) is 12.7 Å². The Morgan fingerprint density at radius 1 is 1.03 bits per heavy atom. The summed E-state index contributed by atoms with van der Waals surface area (Å²) in [6.07, 6.45) is 0.403. The molecule has 0 bridgehead atoms. The Bertz CT molecular complexity index is 1080. The molecule has 0 saturated carbocycles. The van der Waals surface area contributed by atoms with Crippen LogP contribution >= 0.6 is 11.6 Å². The number of benzene rings is 2. The molecule has 9 heteroatoms. The van der Waals surface area contributed by atoms with Gasteiger partial charge >= 0.3 is 0 Å². The second-order valence-electron chi connectivity index (χ2n) is 9.27. The molecule has 0 heterocycles. The fourth-order valence-electron chi connectivity index (χ4n) is 3.36. The van der Waals surface area contributed by atoms with Crippen LogP contribution in [0.15, 0.2) is 59.5 Å². The number of carbonyl (C=O) groups is 2. The molecular weight excluding hydrogens is 474 g/mol. The fraction of sp³-hybridized carbons (Fsp3) is 0.440. The van der Waals surface area contributed by atoms with Crippen molar-refractivity contribution < 1.29 is 18.0 Å². The van der Waals surface area contributed by atoms with Gasteiger partial charge in [-0.1, -0.05) is 48.0 Å². The number of hydrogen-bond acceptors (Lipinski definition) is 4. The van der Waals surface area contributed by atoms with Gasteiger partial charge in [0.25, 0.3) is 0 Å². The summed E-state index contributed by atoms with van der Waals surface area (Å²) < 4.78 is 26.7. The summed E-state index contributed by atoms with van der Waals surface area (Å²) in [7, 11) is -2.14. The van der Waals surface area contributed by atoms with Crippen LogP contribution in [0.25, 0.3) is 0 Å². The summed E-state index contributed by atoms with van der Waals surface area (Å²) in [5, 5.41) is 3.43. The minimum atomic E-state index is -3.63. The van der Waals surface area contributed by atoms with Gasteiger partial charge in [0.2, 0.25) is 21.8 Å². The lowest BCUT2D eigenvalue weighted by molar-refractivity contribution is -0.141. The van der Waals surface area contributed by atoms with Crippen molar-refractivity contribution in [2.75, 3.05) is 13.6 Å². The number of nitrogens with one attached hydrogen (secondary N) is 1.